The van der Waals surface area contributed by atoms with Gasteiger partial charge in [-0.3, -0.25) is 4.90 Å². The summed E-state index contributed by atoms with van der Waals surface area (Å²) in [6.07, 6.45) is 2.71. The fourth-order valence-electron chi connectivity index (χ4n) is 1.84. The van der Waals surface area contributed by atoms with E-state index in [0.717, 1.165) is 6.54 Å². The van der Waals surface area contributed by atoms with E-state index in [1.807, 2.05) is 11.3 Å². The lowest BCUT2D eigenvalue weighted by Gasteiger charge is -2.12. The van der Waals surface area contributed by atoms with E-state index in [1.165, 1.54) is 40.2 Å². The third-order valence-electron chi connectivity index (χ3n) is 2.57. The molecule has 2 rings (SSSR count). The predicted octanol–water partition coefficient (Wildman–Crippen LogP) is 2.57. The van der Waals surface area contributed by atoms with Gasteiger partial charge in [-0.05, 0) is 47.9 Å². The zero-order chi connectivity index (χ0) is 9.97. The van der Waals surface area contributed by atoms with Gasteiger partial charge >= 0.3 is 0 Å². The van der Waals surface area contributed by atoms with Crippen LogP contribution in [0.2, 0.25) is 0 Å². The molecule has 78 valence electrons. The zero-order valence-corrected chi connectivity index (χ0v) is 10.5. The van der Waals surface area contributed by atoms with Crippen molar-refractivity contribution in [3.05, 3.63) is 20.3 Å². The van der Waals surface area contributed by atoms with E-state index in [4.69, 9.17) is 5.73 Å². The molecule has 4 heteroatoms. The molecule has 0 atom stereocenters. The molecule has 0 unspecified atom stereocenters. The standard InChI is InChI=1S/C10H15BrN2S/c11-9-5-8(14-10(9)6-12)7-13-3-1-2-4-13/h5H,1-4,6-7,12H2. The van der Waals surface area contributed by atoms with Gasteiger partial charge in [0, 0.05) is 27.3 Å². The van der Waals surface area contributed by atoms with Gasteiger partial charge in [0.05, 0.1) is 0 Å². The molecule has 2 nitrogen and oxygen atoms in total. The number of likely N-dealkylation sites (tertiary alicyclic amines) is 1. The second kappa shape index (κ2) is 4.75. The van der Waals surface area contributed by atoms with Crippen LogP contribution >= 0.6 is 27.3 Å². The summed E-state index contributed by atoms with van der Waals surface area (Å²) in [6.45, 7) is 4.26. The highest BCUT2D eigenvalue weighted by atomic mass is 79.9. The van der Waals surface area contributed by atoms with Crippen LogP contribution in [0.25, 0.3) is 0 Å². The molecule has 1 aromatic heterocycles. The van der Waals surface area contributed by atoms with Gasteiger partial charge in [-0.25, -0.2) is 0 Å². The molecule has 1 fully saturated rings. The molecule has 1 saturated heterocycles. The first-order valence-electron chi connectivity index (χ1n) is 4.99. The van der Waals surface area contributed by atoms with E-state index in [2.05, 4.69) is 26.9 Å². The predicted molar refractivity (Wildman–Crippen MR) is 64.4 cm³/mol. The number of hydrogen-bond donors (Lipinski definition) is 1. The molecule has 0 saturated carbocycles. The summed E-state index contributed by atoms with van der Waals surface area (Å²) in [7, 11) is 0. The van der Waals surface area contributed by atoms with Crippen LogP contribution in [0.15, 0.2) is 10.5 Å². The van der Waals surface area contributed by atoms with E-state index in [1.54, 1.807) is 0 Å². The Bertz CT molecular complexity index is 305. The van der Waals surface area contributed by atoms with Crippen LogP contribution in [0.4, 0.5) is 0 Å². The Morgan fingerprint density at radius 3 is 2.71 bits per heavy atom. The summed E-state index contributed by atoms with van der Waals surface area (Å²) in [4.78, 5) is 5.21. The van der Waals surface area contributed by atoms with Crippen molar-refractivity contribution in [1.82, 2.24) is 4.90 Å². The minimum absolute atomic E-state index is 0.644. The summed E-state index contributed by atoms with van der Waals surface area (Å²) in [5.41, 5.74) is 5.64. The number of rotatable bonds is 3. The van der Waals surface area contributed by atoms with Crippen LogP contribution < -0.4 is 5.73 Å². The van der Waals surface area contributed by atoms with Crippen LogP contribution in [0.5, 0.6) is 0 Å². The average molecular weight is 275 g/mol. The maximum atomic E-state index is 5.64. The fraction of sp³-hybridized carbons (Fsp3) is 0.600. The molecule has 0 aliphatic carbocycles. The van der Waals surface area contributed by atoms with Gasteiger partial charge in [0.1, 0.15) is 0 Å². The maximum absolute atomic E-state index is 5.64. The largest absolute Gasteiger partial charge is 0.326 e. The first kappa shape index (κ1) is 10.6. The minimum Gasteiger partial charge on any atom is -0.326 e. The number of nitrogens with zero attached hydrogens (tertiary/aromatic N) is 1. The van der Waals surface area contributed by atoms with Crippen LogP contribution in [0, 0.1) is 0 Å². The fourth-order valence-corrected chi connectivity index (χ4v) is 3.65. The molecule has 2 N–H and O–H groups in total. The van der Waals surface area contributed by atoms with Gasteiger partial charge in [-0.15, -0.1) is 11.3 Å². The second-order valence-electron chi connectivity index (χ2n) is 3.67. The Labute approximate surface area is 97.2 Å². The normalized spacial score (nSPS) is 17.9. The Balaban J connectivity index is 2.01. The van der Waals surface area contributed by atoms with Gasteiger partial charge in [-0.2, -0.15) is 0 Å². The monoisotopic (exact) mass is 274 g/mol. The van der Waals surface area contributed by atoms with Gasteiger partial charge in [0.15, 0.2) is 0 Å². The smallest absolute Gasteiger partial charge is 0.0330 e. The Hall–Kier alpha value is 0.100. The number of hydrogen-bond acceptors (Lipinski definition) is 3. The molecule has 1 aliphatic rings. The topological polar surface area (TPSA) is 29.3 Å². The van der Waals surface area contributed by atoms with Crippen molar-refractivity contribution in [3.63, 3.8) is 0 Å². The zero-order valence-electron chi connectivity index (χ0n) is 8.13. The molecular formula is C10H15BrN2S. The summed E-state index contributed by atoms with van der Waals surface area (Å²) < 4.78 is 1.18. The minimum atomic E-state index is 0.644. The van der Waals surface area contributed by atoms with Crippen molar-refractivity contribution < 1.29 is 0 Å². The van der Waals surface area contributed by atoms with Crippen LogP contribution in [-0.4, -0.2) is 18.0 Å². The van der Waals surface area contributed by atoms with Crippen molar-refractivity contribution in [2.24, 2.45) is 5.73 Å². The van der Waals surface area contributed by atoms with Crippen molar-refractivity contribution in [2.75, 3.05) is 13.1 Å². The molecule has 2 heterocycles. The molecular weight excluding hydrogens is 260 g/mol. The SMILES string of the molecule is NCc1sc(CN2CCCC2)cc1Br. The summed E-state index contributed by atoms with van der Waals surface area (Å²) in [5, 5.41) is 0. The molecule has 0 spiro atoms. The van der Waals surface area contributed by atoms with E-state index in [0.29, 0.717) is 6.54 Å². The van der Waals surface area contributed by atoms with E-state index in [-0.39, 0.29) is 0 Å². The highest BCUT2D eigenvalue weighted by Crippen LogP contribution is 2.28. The van der Waals surface area contributed by atoms with Crippen molar-refractivity contribution in [1.29, 1.82) is 0 Å². The first-order chi connectivity index (χ1) is 6.79. The molecule has 0 amide bonds. The number of halogens is 1. The summed E-state index contributed by atoms with van der Waals surface area (Å²) in [6, 6.07) is 2.21. The Kier molecular flexibility index (Phi) is 3.60. The highest BCUT2D eigenvalue weighted by Gasteiger charge is 2.13. The third kappa shape index (κ3) is 2.37. The summed E-state index contributed by atoms with van der Waals surface area (Å²) >= 11 is 5.37. The molecule has 0 radical (unpaired) electrons. The lowest BCUT2D eigenvalue weighted by atomic mass is 10.4. The van der Waals surface area contributed by atoms with Gasteiger partial charge < -0.3 is 5.73 Å². The second-order valence-corrected chi connectivity index (χ2v) is 5.75. The van der Waals surface area contributed by atoms with Crippen molar-refractivity contribution in [3.8, 4) is 0 Å². The Morgan fingerprint density at radius 2 is 2.14 bits per heavy atom. The third-order valence-corrected chi connectivity index (χ3v) is 4.68. The molecule has 1 aromatic rings. The maximum Gasteiger partial charge on any atom is 0.0330 e. The van der Waals surface area contributed by atoms with E-state index in [9.17, 15) is 0 Å². The summed E-state index contributed by atoms with van der Waals surface area (Å²) in [5.74, 6) is 0. The molecule has 0 bridgehead atoms. The highest BCUT2D eigenvalue weighted by molar-refractivity contribution is 9.10. The van der Waals surface area contributed by atoms with Crippen LogP contribution in [0.3, 0.4) is 0 Å². The van der Waals surface area contributed by atoms with E-state index < -0.39 is 0 Å². The quantitative estimate of drug-likeness (QED) is 0.918. The first-order valence-corrected chi connectivity index (χ1v) is 6.60. The van der Waals surface area contributed by atoms with Crippen molar-refractivity contribution >= 4 is 27.3 Å². The lowest BCUT2D eigenvalue weighted by Crippen LogP contribution is -2.17. The van der Waals surface area contributed by atoms with Crippen LogP contribution in [0.1, 0.15) is 22.6 Å². The number of nitrogens with two attached hydrogens (primary N) is 1. The molecule has 14 heavy (non-hydrogen) atoms. The van der Waals surface area contributed by atoms with Gasteiger partial charge in [0.2, 0.25) is 0 Å². The van der Waals surface area contributed by atoms with Gasteiger partial charge in [-0.1, -0.05) is 0 Å². The molecule has 1 aliphatic heterocycles. The van der Waals surface area contributed by atoms with Crippen molar-refractivity contribution in [2.45, 2.75) is 25.9 Å². The average Bonchev–Trinajstić information content (AvgIpc) is 2.76. The van der Waals surface area contributed by atoms with E-state index >= 15 is 0 Å². The van der Waals surface area contributed by atoms with Crippen LogP contribution in [-0.2, 0) is 13.1 Å². The Morgan fingerprint density at radius 1 is 1.43 bits per heavy atom. The lowest BCUT2D eigenvalue weighted by molar-refractivity contribution is 0.334. The number of thiophene rings is 1. The molecule has 0 aromatic carbocycles. The van der Waals surface area contributed by atoms with Gasteiger partial charge in [0.25, 0.3) is 0 Å².